The van der Waals surface area contributed by atoms with E-state index in [1.807, 2.05) is 30.3 Å². The van der Waals surface area contributed by atoms with Gasteiger partial charge in [-0.3, -0.25) is 4.79 Å². The highest BCUT2D eigenvalue weighted by Gasteiger charge is 2.09. The molecule has 0 saturated heterocycles. The third kappa shape index (κ3) is 4.92. The van der Waals surface area contributed by atoms with Crippen molar-refractivity contribution in [3.8, 4) is 11.5 Å². The number of ether oxygens (including phenoxy) is 2. The van der Waals surface area contributed by atoms with Gasteiger partial charge in [0.25, 0.3) is 5.91 Å². The fraction of sp³-hybridized carbons (Fsp3) is 0.143. The Morgan fingerprint density at radius 2 is 1.82 bits per heavy atom. The molecule has 0 aliphatic heterocycles. The number of methoxy groups -OCH3 is 2. The summed E-state index contributed by atoms with van der Waals surface area (Å²) in [7, 11) is 3.15. The van der Waals surface area contributed by atoms with E-state index in [1.165, 1.54) is 0 Å². The molecule has 0 aliphatic carbocycles. The molecule has 0 unspecified atom stereocenters. The number of carbonyl (C=O) groups excluding carboxylic acids is 1. The first-order chi connectivity index (χ1) is 13.6. The van der Waals surface area contributed by atoms with Crippen LogP contribution in [0.15, 0.2) is 60.8 Å². The smallest absolute Gasteiger partial charge is 0.270 e. The Labute approximate surface area is 168 Å². The van der Waals surface area contributed by atoms with Crippen molar-refractivity contribution in [3.63, 3.8) is 0 Å². The molecule has 0 atom stereocenters. The van der Waals surface area contributed by atoms with E-state index in [-0.39, 0.29) is 5.91 Å². The molecule has 7 heteroatoms. The highest BCUT2D eigenvalue weighted by atomic mass is 35.5. The molecule has 1 amide bonds. The molecule has 0 aliphatic rings. The second kappa shape index (κ2) is 9.10. The van der Waals surface area contributed by atoms with Gasteiger partial charge in [0, 0.05) is 17.3 Å². The summed E-state index contributed by atoms with van der Waals surface area (Å²) >= 11 is 5.98. The summed E-state index contributed by atoms with van der Waals surface area (Å²) in [5.41, 5.74) is 2.83. The Balaban J connectivity index is 1.60. The SMILES string of the molecule is COc1ccc(CNC(=O)c2ccc(Nc3cccc(Cl)c3)cn2)cc1OC. The lowest BCUT2D eigenvalue weighted by Crippen LogP contribution is -2.23. The predicted octanol–water partition coefficient (Wildman–Crippen LogP) is 4.43. The molecule has 2 aromatic carbocycles. The number of hydrogen-bond acceptors (Lipinski definition) is 5. The molecule has 0 saturated carbocycles. The van der Waals surface area contributed by atoms with Crippen molar-refractivity contribution in [1.29, 1.82) is 0 Å². The van der Waals surface area contributed by atoms with Crippen LogP contribution >= 0.6 is 11.6 Å². The summed E-state index contributed by atoms with van der Waals surface area (Å²) in [5.74, 6) is 0.995. The second-order valence-electron chi connectivity index (χ2n) is 5.94. The Morgan fingerprint density at radius 3 is 2.50 bits per heavy atom. The van der Waals surface area contributed by atoms with Gasteiger partial charge in [0.15, 0.2) is 11.5 Å². The Bertz CT molecular complexity index is 961. The highest BCUT2D eigenvalue weighted by Crippen LogP contribution is 2.27. The van der Waals surface area contributed by atoms with Crippen LogP contribution in [0.1, 0.15) is 16.1 Å². The van der Waals surface area contributed by atoms with Crippen molar-refractivity contribution < 1.29 is 14.3 Å². The summed E-state index contributed by atoms with van der Waals surface area (Å²) in [6.07, 6.45) is 1.60. The molecule has 0 spiro atoms. The lowest BCUT2D eigenvalue weighted by Gasteiger charge is -2.10. The van der Waals surface area contributed by atoms with Gasteiger partial charge in [0.1, 0.15) is 5.69 Å². The van der Waals surface area contributed by atoms with Crippen LogP contribution in [0.5, 0.6) is 11.5 Å². The third-order valence-electron chi connectivity index (χ3n) is 4.01. The zero-order valence-corrected chi connectivity index (χ0v) is 16.3. The van der Waals surface area contributed by atoms with E-state index < -0.39 is 0 Å². The number of aromatic nitrogens is 1. The van der Waals surface area contributed by atoms with E-state index in [1.54, 1.807) is 44.7 Å². The maximum atomic E-state index is 12.3. The molecule has 6 nitrogen and oxygen atoms in total. The molecular weight excluding hydrogens is 378 g/mol. The predicted molar refractivity (Wildman–Crippen MR) is 110 cm³/mol. The summed E-state index contributed by atoms with van der Waals surface area (Å²) < 4.78 is 10.5. The molecule has 2 N–H and O–H groups in total. The molecule has 3 aromatic rings. The molecular formula is C21H20ClN3O3. The van der Waals surface area contributed by atoms with Crippen LogP contribution in [-0.2, 0) is 6.54 Å². The van der Waals surface area contributed by atoms with Gasteiger partial charge in [-0.1, -0.05) is 23.7 Å². The van der Waals surface area contributed by atoms with Gasteiger partial charge >= 0.3 is 0 Å². The number of pyridine rings is 1. The minimum Gasteiger partial charge on any atom is -0.493 e. The van der Waals surface area contributed by atoms with Crippen molar-refractivity contribution in [2.45, 2.75) is 6.54 Å². The lowest BCUT2D eigenvalue weighted by molar-refractivity contribution is 0.0946. The molecule has 1 heterocycles. The van der Waals surface area contributed by atoms with E-state index >= 15 is 0 Å². The van der Waals surface area contributed by atoms with Gasteiger partial charge in [0.05, 0.1) is 26.1 Å². The number of halogens is 1. The van der Waals surface area contributed by atoms with Crippen LogP contribution in [0.4, 0.5) is 11.4 Å². The zero-order chi connectivity index (χ0) is 19.9. The number of hydrogen-bond donors (Lipinski definition) is 2. The Kier molecular flexibility index (Phi) is 6.34. The molecule has 28 heavy (non-hydrogen) atoms. The molecule has 1 aromatic heterocycles. The van der Waals surface area contributed by atoms with Crippen molar-refractivity contribution in [2.75, 3.05) is 19.5 Å². The minimum absolute atomic E-state index is 0.260. The first kappa shape index (κ1) is 19.5. The van der Waals surface area contributed by atoms with Crippen molar-refractivity contribution in [2.24, 2.45) is 0 Å². The highest BCUT2D eigenvalue weighted by molar-refractivity contribution is 6.30. The first-order valence-electron chi connectivity index (χ1n) is 8.57. The van der Waals surface area contributed by atoms with Gasteiger partial charge in [-0.2, -0.15) is 0 Å². The standard InChI is InChI=1S/C21H20ClN3O3/c1-27-19-9-6-14(10-20(19)28-2)12-24-21(26)18-8-7-17(13-23-18)25-16-5-3-4-15(22)11-16/h3-11,13,25H,12H2,1-2H3,(H,24,26). The van der Waals surface area contributed by atoms with Crippen LogP contribution < -0.4 is 20.1 Å². The molecule has 144 valence electrons. The van der Waals surface area contributed by atoms with Crippen molar-refractivity contribution in [3.05, 3.63) is 77.1 Å². The van der Waals surface area contributed by atoms with Gasteiger partial charge in [-0.15, -0.1) is 0 Å². The van der Waals surface area contributed by atoms with E-state index in [2.05, 4.69) is 15.6 Å². The van der Waals surface area contributed by atoms with Crippen molar-refractivity contribution in [1.82, 2.24) is 10.3 Å². The monoisotopic (exact) mass is 397 g/mol. The van der Waals surface area contributed by atoms with E-state index in [4.69, 9.17) is 21.1 Å². The molecule has 3 rings (SSSR count). The maximum Gasteiger partial charge on any atom is 0.270 e. The average molecular weight is 398 g/mol. The van der Waals surface area contributed by atoms with Crippen LogP contribution in [0.2, 0.25) is 5.02 Å². The van der Waals surface area contributed by atoms with Crippen molar-refractivity contribution >= 4 is 28.9 Å². The normalized spacial score (nSPS) is 10.2. The maximum absolute atomic E-state index is 12.3. The minimum atomic E-state index is -0.260. The average Bonchev–Trinajstić information content (AvgIpc) is 2.72. The Morgan fingerprint density at radius 1 is 1.00 bits per heavy atom. The second-order valence-corrected chi connectivity index (χ2v) is 6.38. The van der Waals surface area contributed by atoms with Gasteiger partial charge in [-0.05, 0) is 48.0 Å². The quantitative estimate of drug-likeness (QED) is 0.617. The molecule has 0 radical (unpaired) electrons. The Hall–Kier alpha value is -3.25. The van der Waals surface area contributed by atoms with Gasteiger partial charge in [-0.25, -0.2) is 4.98 Å². The van der Waals surface area contributed by atoms with Crippen LogP contribution in [0.3, 0.4) is 0 Å². The van der Waals surface area contributed by atoms with E-state index in [0.29, 0.717) is 28.8 Å². The number of nitrogens with one attached hydrogen (secondary N) is 2. The summed E-state index contributed by atoms with van der Waals surface area (Å²) in [5, 5.41) is 6.68. The van der Waals surface area contributed by atoms with Crippen LogP contribution in [0.25, 0.3) is 0 Å². The van der Waals surface area contributed by atoms with Crippen LogP contribution in [-0.4, -0.2) is 25.1 Å². The number of benzene rings is 2. The molecule has 0 fully saturated rings. The van der Waals surface area contributed by atoms with E-state index in [9.17, 15) is 4.79 Å². The number of carbonyl (C=O) groups is 1. The fourth-order valence-electron chi connectivity index (χ4n) is 2.60. The summed E-state index contributed by atoms with van der Waals surface area (Å²) in [6.45, 7) is 0.351. The fourth-order valence-corrected chi connectivity index (χ4v) is 2.79. The largest absolute Gasteiger partial charge is 0.493 e. The lowest BCUT2D eigenvalue weighted by atomic mass is 10.2. The third-order valence-corrected chi connectivity index (χ3v) is 4.25. The molecule has 0 bridgehead atoms. The van der Waals surface area contributed by atoms with Crippen LogP contribution in [0, 0.1) is 0 Å². The summed E-state index contributed by atoms with van der Waals surface area (Å²) in [4.78, 5) is 16.6. The number of amides is 1. The number of rotatable bonds is 7. The van der Waals surface area contributed by atoms with E-state index in [0.717, 1.165) is 16.9 Å². The number of nitrogens with zero attached hydrogens (tertiary/aromatic N) is 1. The zero-order valence-electron chi connectivity index (χ0n) is 15.5. The first-order valence-corrected chi connectivity index (χ1v) is 8.94. The number of anilines is 2. The topological polar surface area (TPSA) is 72.5 Å². The van der Waals surface area contributed by atoms with Gasteiger partial charge < -0.3 is 20.1 Å². The summed E-state index contributed by atoms with van der Waals surface area (Å²) in [6, 6.07) is 16.3. The van der Waals surface area contributed by atoms with Gasteiger partial charge in [0.2, 0.25) is 0 Å².